The van der Waals surface area contributed by atoms with Gasteiger partial charge in [-0.3, -0.25) is 0 Å². The zero-order chi connectivity index (χ0) is 15.0. The molecule has 0 radical (unpaired) electrons. The van der Waals surface area contributed by atoms with Crippen molar-refractivity contribution >= 4 is 11.6 Å². The third kappa shape index (κ3) is 3.14. The topological polar surface area (TPSA) is 32.7 Å². The Hall–Kier alpha value is -0.930. The molecule has 3 nitrogen and oxygen atoms in total. The lowest BCUT2D eigenvalue weighted by Gasteiger charge is -2.27. The molecule has 1 N–H and O–H groups in total. The molecular formula is C17H24ClNO2. The van der Waals surface area contributed by atoms with Crippen molar-refractivity contribution in [2.24, 2.45) is 17.8 Å². The van der Waals surface area contributed by atoms with Crippen LogP contribution in [0.15, 0.2) is 12.1 Å². The second-order valence-corrected chi connectivity index (χ2v) is 7.17. The lowest BCUT2D eigenvalue weighted by atomic mass is 9.88. The Labute approximate surface area is 131 Å². The molecule has 0 amide bonds. The van der Waals surface area contributed by atoms with E-state index in [4.69, 9.17) is 16.3 Å². The van der Waals surface area contributed by atoms with E-state index < -0.39 is 0 Å². The van der Waals surface area contributed by atoms with E-state index in [0.717, 1.165) is 36.4 Å². The Bertz CT molecular complexity index is 520. The number of methoxy groups -OCH3 is 1. The van der Waals surface area contributed by atoms with Crippen molar-refractivity contribution in [2.75, 3.05) is 20.7 Å². The molecule has 4 heteroatoms. The minimum Gasteiger partial charge on any atom is -0.503 e. The van der Waals surface area contributed by atoms with Crippen molar-refractivity contribution in [2.45, 2.75) is 32.2 Å². The molecule has 2 aliphatic carbocycles. The van der Waals surface area contributed by atoms with Gasteiger partial charge in [-0.15, -0.1) is 0 Å². The highest BCUT2D eigenvalue weighted by Crippen LogP contribution is 2.48. The molecule has 0 aromatic heterocycles. The van der Waals surface area contributed by atoms with E-state index >= 15 is 0 Å². The maximum Gasteiger partial charge on any atom is 0.176 e. The minimum absolute atomic E-state index is 0.0265. The van der Waals surface area contributed by atoms with Crippen LogP contribution < -0.4 is 4.74 Å². The quantitative estimate of drug-likeness (QED) is 0.894. The zero-order valence-electron chi connectivity index (χ0n) is 12.8. The van der Waals surface area contributed by atoms with Gasteiger partial charge in [0.05, 0.1) is 12.1 Å². The number of nitrogens with zero attached hydrogens (tertiary/aromatic N) is 1. The van der Waals surface area contributed by atoms with Crippen molar-refractivity contribution in [1.29, 1.82) is 0 Å². The van der Waals surface area contributed by atoms with E-state index in [9.17, 15) is 5.11 Å². The van der Waals surface area contributed by atoms with Gasteiger partial charge < -0.3 is 14.7 Å². The third-order valence-corrected chi connectivity index (χ3v) is 5.48. The van der Waals surface area contributed by atoms with Crippen LogP contribution in [0.2, 0.25) is 5.02 Å². The lowest BCUT2D eigenvalue weighted by molar-refractivity contribution is 0.214. The van der Waals surface area contributed by atoms with Gasteiger partial charge in [0.25, 0.3) is 0 Å². The van der Waals surface area contributed by atoms with Crippen LogP contribution in [0.5, 0.6) is 11.5 Å². The van der Waals surface area contributed by atoms with Crippen molar-refractivity contribution in [3.8, 4) is 11.5 Å². The van der Waals surface area contributed by atoms with E-state index in [0.29, 0.717) is 10.8 Å². The fraction of sp³-hybridized carbons (Fsp3) is 0.647. The summed E-state index contributed by atoms with van der Waals surface area (Å²) in [6, 6.07) is 3.70. The summed E-state index contributed by atoms with van der Waals surface area (Å²) < 4.78 is 5.17. The van der Waals surface area contributed by atoms with Gasteiger partial charge in [-0.1, -0.05) is 18.0 Å². The molecule has 2 bridgehead atoms. The van der Waals surface area contributed by atoms with Gasteiger partial charge in [0.2, 0.25) is 0 Å². The monoisotopic (exact) mass is 309 g/mol. The average molecular weight is 310 g/mol. The Morgan fingerprint density at radius 2 is 2.14 bits per heavy atom. The smallest absolute Gasteiger partial charge is 0.176 e. The largest absolute Gasteiger partial charge is 0.503 e. The highest BCUT2D eigenvalue weighted by molar-refractivity contribution is 6.32. The van der Waals surface area contributed by atoms with E-state index in [1.807, 2.05) is 12.1 Å². The van der Waals surface area contributed by atoms with Crippen LogP contribution in [0, 0.1) is 17.8 Å². The zero-order valence-corrected chi connectivity index (χ0v) is 13.6. The van der Waals surface area contributed by atoms with Gasteiger partial charge in [-0.05, 0) is 61.8 Å². The summed E-state index contributed by atoms with van der Waals surface area (Å²) in [6.45, 7) is 1.99. The Kier molecular flexibility index (Phi) is 4.32. The fourth-order valence-electron chi connectivity index (χ4n) is 4.25. The number of hydrogen-bond acceptors (Lipinski definition) is 3. The predicted molar refractivity (Wildman–Crippen MR) is 84.9 cm³/mol. The summed E-state index contributed by atoms with van der Waals surface area (Å²) >= 11 is 6.05. The van der Waals surface area contributed by atoms with Gasteiger partial charge in [-0.2, -0.15) is 0 Å². The number of aromatic hydroxyl groups is 1. The first-order valence-electron chi connectivity index (χ1n) is 7.80. The van der Waals surface area contributed by atoms with E-state index in [2.05, 4.69) is 11.9 Å². The summed E-state index contributed by atoms with van der Waals surface area (Å²) in [5.41, 5.74) is 1.08. The molecule has 0 heterocycles. The lowest BCUT2D eigenvalue weighted by Crippen LogP contribution is -2.28. The Morgan fingerprint density at radius 1 is 1.33 bits per heavy atom. The van der Waals surface area contributed by atoms with Crippen LogP contribution >= 0.6 is 11.6 Å². The molecule has 2 saturated carbocycles. The van der Waals surface area contributed by atoms with Crippen molar-refractivity contribution in [3.05, 3.63) is 22.7 Å². The van der Waals surface area contributed by atoms with Crippen LogP contribution in [0.4, 0.5) is 0 Å². The number of halogens is 1. The molecular weight excluding hydrogens is 286 g/mol. The van der Waals surface area contributed by atoms with Crippen LogP contribution in [-0.4, -0.2) is 30.7 Å². The maximum absolute atomic E-state index is 9.79. The first-order chi connectivity index (χ1) is 10.1. The normalized spacial score (nSPS) is 27.5. The molecule has 1 aromatic rings. The molecule has 2 fully saturated rings. The van der Waals surface area contributed by atoms with Gasteiger partial charge in [0.1, 0.15) is 0 Å². The highest BCUT2D eigenvalue weighted by atomic mass is 35.5. The SMILES string of the molecule is COc1cc(CN(C)CC2CC3CCC2C3)cc(Cl)c1O. The number of benzene rings is 1. The molecule has 116 valence electrons. The Morgan fingerprint density at radius 3 is 2.76 bits per heavy atom. The number of hydrogen-bond donors (Lipinski definition) is 1. The molecule has 2 aliphatic rings. The average Bonchev–Trinajstić information content (AvgIpc) is 3.04. The van der Waals surface area contributed by atoms with Crippen LogP contribution in [-0.2, 0) is 6.54 Å². The Balaban J connectivity index is 1.62. The second kappa shape index (κ2) is 6.05. The van der Waals surface area contributed by atoms with Crippen LogP contribution in [0.1, 0.15) is 31.2 Å². The summed E-state index contributed by atoms with van der Waals surface area (Å²) in [5, 5.41) is 10.1. The van der Waals surface area contributed by atoms with Crippen molar-refractivity contribution in [1.82, 2.24) is 4.90 Å². The number of ether oxygens (including phenoxy) is 1. The number of phenolic OH excluding ortho intramolecular Hbond substituents is 1. The molecule has 0 spiro atoms. The minimum atomic E-state index is 0.0265. The van der Waals surface area contributed by atoms with Gasteiger partial charge in [0, 0.05) is 13.1 Å². The number of rotatable bonds is 5. The molecule has 3 atom stereocenters. The fourth-order valence-corrected chi connectivity index (χ4v) is 4.48. The third-order valence-electron chi connectivity index (χ3n) is 5.19. The van der Waals surface area contributed by atoms with E-state index in [1.54, 1.807) is 7.11 Å². The predicted octanol–water partition coefficient (Wildman–Crippen LogP) is 3.92. The summed E-state index contributed by atoms with van der Waals surface area (Å²) in [5.74, 6) is 3.29. The second-order valence-electron chi connectivity index (χ2n) is 6.76. The first kappa shape index (κ1) is 15.0. The van der Waals surface area contributed by atoms with Gasteiger partial charge in [-0.25, -0.2) is 0 Å². The van der Waals surface area contributed by atoms with Crippen molar-refractivity contribution in [3.63, 3.8) is 0 Å². The highest BCUT2D eigenvalue weighted by Gasteiger charge is 2.39. The number of phenols is 1. The van der Waals surface area contributed by atoms with Crippen LogP contribution in [0.25, 0.3) is 0 Å². The van der Waals surface area contributed by atoms with Gasteiger partial charge in [0.15, 0.2) is 11.5 Å². The standard InChI is InChI=1S/C17H24ClNO2/c1-19(10-14-6-11-3-4-13(14)5-11)9-12-7-15(18)17(20)16(8-12)21-2/h7-8,11,13-14,20H,3-6,9-10H2,1-2H3. The molecule has 3 unspecified atom stereocenters. The molecule has 0 aliphatic heterocycles. The number of fused-ring (bicyclic) bond motifs is 2. The summed E-state index contributed by atoms with van der Waals surface area (Å²) in [4.78, 5) is 2.37. The van der Waals surface area contributed by atoms with Crippen molar-refractivity contribution < 1.29 is 9.84 Å². The summed E-state index contributed by atoms with van der Waals surface area (Å²) in [7, 11) is 3.72. The first-order valence-corrected chi connectivity index (χ1v) is 8.18. The molecule has 21 heavy (non-hydrogen) atoms. The van der Waals surface area contributed by atoms with E-state index in [1.165, 1.54) is 25.7 Å². The molecule has 0 saturated heterocycles. The summed E-state index contributed by atoms with van der Waals surface area (Å²) in [6.07, 6.45) is 5.75. The molecule has 3 rings (SSSR count). The maximum atomic E-state index is 9.79. The van der Waals surface area contributed by atoms with Crippen LogP contribution in [0.3, 0.4) is 0 Å². The molecule has 1 aromatic carbocycles. The van der Waals surface area contributed by atoms with E-state index in [-0.39, 0.29) is 5.75 Å². The van der Waals surface area contributed by atoms with Gasteiger partial charge >= 0.3 is 0 Å².